The summed E-state index contributed by atoms with van der Waals surface area (Å²) in [6.45, 7) is 4.34. The van der Waals surface area contributed by atoms with Gasteiger partial charge >= 0.3 is 0 Å². The number of benzene rings is 1. The van der Waals surface area contributed by atoms with E-state index in [0.717, 1.165) is 29.2 Å². The quantitative estimate of drug-likeness (QED) is 0.656. The average molecular weight is 429 g/mol. The van der Waals surface area contributed by atoms with Crippen molar-refractivity contribution < 1.29 is 14.3 Å². The molecule has 0 radical (unpaired) electrons. The van der Waals surface area contributed by atoms with Crippen LogP contribution in [0.4, 0.5) is 0 Å². The largest absolute Gasteiger partial charge is 0.497 e. The van der Waals surface area contributed by atoms with Crippen LogP contribution in [-0.4, -0.2) is 54.8 Å². The zero-order valence-electron chi connectivity index (χ0n) is 17.6. The summed E-state index contributed by atoms with van der Waals surface area (Å²) < 4.78 is 11.0. The first-order valence-corrected chi connectivity index (χ1v) is 10.4. The van der Waals surface area contributed by atoms with Gasteiger partial charge in [-0.15, -0.1) is 0 Å². The molecule has 2 unspecified atom stereocenters. The summed E-state index contributed by atoms with van der Waals surface area (Å²) in [5, 5.41) is 6.91. The molecule has 1 aliphatic rings. The van der Waals surface area contributed by atoms with Crippen LogP contribution in [0.2, 0.25) is 0 Å². The molecule has 1 aliphatic heterocycles. The number of thiocarbonyl (C=S) groups is 1. The fourth-order valence-corrected chi connectivity index (χ4v) is 4.06. The second-order valence-corrected chi connectivity index (χ2v) is 7.53. The highest BCUT2D eigenvalue weighted by Gasteiger charge is 2.40. The van der Waals surface area contributed by atoms with E-state index in [4.69, 9.17) is 21.7 Å². The SMILES string of the molecule is CCNC(=S)N1CC(C(=O)NCc2cccnc2)C(c2cc(OC)ccc2OC)C1. The third kappa shape index (κ3) is 4.99. The lowest BCUT2D eigenvalue weighted by atomic mass is 9.87. The van der Waals surface area contributed by atoms with E-state index in [0.29, 0.717) is 24.7 Å². The number of carbonyl (C=O) groups is 1. The molecule has 1 aromatic heterocycles. The summed E-state index contributed by atoms with van der Waals surface area (Å²) in [4.78, 5) is 19.3. The Balaban J connectivity index is 1.85. The molecule has 2 atom stereocenters. The van der Waals surface area contributed by atoms with Crippen LogP contribution in [0.3, 0.4) is 0 Å². The van der Waals surface area contributed by atoms with Crippen molar-refractivity contribution >= 4 is 23.2 Å². The molecule has 30 heavy (non-hydrogen) atoms. The first-order chi connectivity index (χ1) is 14.6. The van der Waals surface area contributed by atoms with Crippen molar-refractivity contribution in [2.24, 2.45) is 5.92 Å². The van der Waals surface area contributed by atoms with Gasteiger partial charge in [0.1, 0.15) is 11.5 Å². The highest BCUT2D eigenvalue weighted by molar-refractivity contribution is 7.80. The number of hydrogen-bond donors (Lipinski definition) is 2. The number of ether oxygens (including phenoxy) is 2. The van der Waals surface area contributed by atoms with Gasteiger partial charge in [0.15, 0.2) is 5.11 Å². The third-order valence-electron chi connectivity index (χ3n) is 5.30. The molecule has 3 rings (SSSR count). The van der Waals surface area contributed by atoms with Gasteiger partial charge in [0.05, 0.1) is 20.1 Å². The Morgan fingerprint density at radius 1 is 1.23 bits per heavy atom. The molecule has 2 aromatic rings. The zero-order valence-corrected chi connectivity index (χ0v) is 18.4. The minimum atomic E-state index is -0.278. The van der Waals surface area contributed by atoms with Gasteiger partial charge in [-0.25, -0.2) is 0 Å². The standard InChI is InChI=1S/C22H28N4O3S/c1-4-24-22(30)26-13-18(17-10-16(28-2)7-8-20(17)29-3)19(14-26)21(27)25-12-15-6-5-9-23-11-15/h5-11,18-19H,4,12-14H2,1-3H3,(H,24,30)(H,25,27). The number of amides is 1. The Morgan fingerprint density at radius 3 is 2.73 bits per heavy atom. The maximum absolute atomic E-state index is 13.2. The highest BCUT2D eigenvalue weighted by atomic mass is 32.1. The molecule has 2 N–H and O–H groups in total. The number of carbonyl (C=O) groups excluding carboxylic acids is 1. The first kappa shape index (κ1) is 21.8. The Kier molecular flexibility index (Phi) is 7.46. The molecule has 2 heterocycles. The van der Waals surface area contributed by atoms with Crippen molar-refractivity contribution in [1.29, 1.82) is 0 Å². The second kappa shape index (κ2) is 10.2. The van der Waals surface area contributed by atoms with Crippen molar-refractivity contribution in [3.05, 3.63) is 53.9 Å². The second-order valence-electron chi connectivity index (χ2n) is 7.14. The van der Waals surface area contributed by atoms with Gasteiger partial charge in [-0.05, 0) is 49.0 Å². The van der Waals surface area contributed by atoms with E-state index in [2.05, 4.69) is 20.5 Å². The molecule has 7 nitrogen and oxygen atoms in total. The lowest BCUT2D eigenvalue weighted by molar-refractivity contribution is -0.125. The monoisotopic (exact) mass is 428 g/mol. The van der Waals surface area contributed by atoms with Gasteiger partial charge in [-0.2, -0.15) is 0 Å². The molecule has 0 bridgehead atoms. The van der Waals surface area contributed by atoms with Crippen LogP contribution in [0.1, 0.15) is 24.0 Å². The summed E-state index contributed by atoms with van der Waals surface area (Å²) in [6.07, 6.45) is 3.47. The fraction of sp³-hybridized carbons (Fsp3) is 0.409. The molecule has 1 amide bonds. The Bertz CT molecular complexity index is 878. The molecular formula is C22H28N4O3S. The van der Waals surface area contributed by atoms with Crippen molar-refractivity contribution in [3.63, 3.8) is 0 Å². The van der Waals surface area contributed by atoms with E-state index < -0.39 is 0 Å². The van der Waals surface area contributed by atoms with Crippen LogP contribution in [0.25, 0.3) is 0 Å². The predicted molar refractivity (Wildman–Crippen MR) is 120 cm³/mol. The molecule has 1 saturated heterocycles. The van der Waals surface area contributed by atoms with Crippen LogP contribution in [0.15, 0.2) is 42.7 Å². The van der Waals surface area contributed by atoms with Crippen molar-refractivity contribution in [2.45, 2.75) is 19.4 Å². The van der Waals surface area contributed by atoms with E-state index in [1.165, 1.54) is 0 Å². The number of aromatic nitrogens is 1. The zero-order chi connectivity index (χ0) is 21.5. The summed E-state index contributed by atoms with van der Waals surface area (Å²) in [5.74, 6) is 1.09. The molecule has 0 spiro atoms. The number of methoxy groups -OCH3 is 2. The van der Waals surface area contributed by atoms with E-state index in [1.54, 1.807) is 26.6 Å². The summed E-state index contributed by atoms with van der Waals surface area (Å²) >= 11 is 5.53. The van der Waals surface area contributed by atoms with Crippen LogP contribution < -0.4 is 20.1 Å². The smallest absolute Gasteiger partial charge is 0.225 e. The Hall–Kier alpha value is -2.87. The Labute approximate surface area is 182 Å². The maximum Gasteiger partial charge on any atom is 0.225 e. The molecule has 8 heteroatoms. The number of nitrogens with one attached hydrogen (secondary N) is 2. The van der Waals surface area contributed by atoms with Gasteiger partial charge in [-0.3, -0.25) is 9.78 Å². The Morgan fingerprint density at radius 2 is 2.07 bits per heavy atom. The van der Waals surface area contributed by atoms with Crippen molar-refractivity contribution in [1.82, 2.24) is 20.5 Å². The van der Waals surface area contributed by atoms with Gasteiger partial charge in [0.2, 0.25) is 5.91 Å². The molecule has 160 valence electrons. The van der Waals surface area contributed by atoms with Gasteiger partial charge in [0.25, 0.3) is 0 Å². The third-order valence-corrected chi connectivity index (χ3v) is 5.70. The minimum absolute atomic E-state index is 0.0180. The fourth-order valence-electron chi connectivity index (χ4n) is 3.77. The lowest BCUT2D eigenvalue weighted by Gasteiger charge is -2.21. The number of likely N-dealkylation sites (tertiary alicyclic amines) is 1. The lowest BCUT2D eigenvalue weighted by Crippen LogP contribution is -2.39. The highest BCUT2D eigenvalue weighted by Crippen LogP contribution is 2.39. The summed E-state index contributed by atoms with van der Waals surface area (Å²) in [6, 6.07) is 9.49. The van der Waals surface area contributed by atoms with E-state index in [-0.39, 0.29) is 17.7 Å². The molecular weight excluding hydrogens is 400 g/mol. The predicted octanol–water partition coefficient (Wildman–Crippen LogP) is 2.32. The number of rotatable bonds is 7. The minimum Gasteiger partial charge on any atom is -0.497 e. The maximum atomic E-state index is 13.2. The van der Waals surface area contributed by atoms with Crippen molar-refractivity contribution in [2.75, 3.05) is 33.9 Å². The normalized spacial score (nSPS) is 18.0. The summed E-state index contributed by atoms with van der Waals surface area (Å²) in [5.41, 5.74) is 1.90. The number of nitrogens with zero attached hydrogens (tertiary/aromatic N) is 2. The van der Waals surface area contributed by atoms with Gasteiger partial charge < -0.3 is 25.0 Å². The molecule has 1 aromatic carbocycles. The topological polar surface area (TPSA) is 75.7 Å². The average Bonchev–Trinajstić information content (AvgIpc) is 3.23. The van der Waals surface area contributed by atoms with Crippen LogP contribution in [0, 0.1) is 5.92 Å². The van der Waals surface area contributed by atoms with E-state index in [1.807, 2.05) is 37.3 Å². The summed E-state index contributed by atoms with van der Waals surface area (Å²) in [7, 11) is 3.27. The van der Waals surface area contributed by atoms with Crippen LogP contribution >= 0.6 is 12.2 Å². The van der Waals surface area contributed by atoms with E-state index >= 15 is 0 Å². The van der Waals surface area contributed by atoms with Crippen LogP contribution in [-0.2, 0) is 11.3 Å². The van der Waals surface area contributed by atoms with E-state index in [9.17, 15) is 4.79 Å². The number of pyridine rings is 1. The molecule has 0 saturated carbocycles. The van der Waals surface area contributed by atoms with Gasteiger partial charge in [-0.1, -0.05) is 6.07 Å². The van der Waals surface area contributed by atoms with Crippen LogP contribution in [0.5, 0.6) is 11.5 Å². The number of hydrogen-bond acceptors (Lipinski definition) is 5. The van der Waals surface area contributed by atoms with Gasteiger partial charge in [0, 0.05) is 50.1 Å². The first-order valence-electron chi connectivity index (χ1n) is 9.98. The van der Waals surface area contributed by atoms with Crippen molar-refractivity contribution in [3.8, 4) is 11.5 Å². The molecule has 0 aliphatic carbocycles. The molecule has 1 fully saturated rings.